The van der Waals surface area contributed by atoms with Gasteiger partial charge < -0.3 is 10.4 Å². The summed E-state index contributed by atoms with van der Waals surface area (Å²) in [6, 6.07) is 1.02. The maximum atomic E-state index is 9.98. The molecule has 3 unspecified atom stereocenters. The number of aliphatic hydroxyl groups is 1. The Morgan fingerprint density at radius 1 is 1.29 bits per heavy atom. The molecule has 2 rings (SSSR count). The number of aliphatic hydroxyl groups excluding tert-OH is 1. The van der Waals surface area contributed by atoms with Gasteiger partial charge in [0.1, 0.15) is 0 Å². The maximum absolute atomic E-state index is 9.98. The predicted octanol–water partition coefficient (Wildman–Crippen LogP) is 0.584. The average molecular weight is 198 g/mol. The molecule has 0 spiro atoms. The molecule has 3 nitrogen and oxygen atoms in total. The summed E-state index contributed by atoms with van der Waals surface area (Å²) in [5.41, 5.74) is 0. The van der Waals surface area contributed by atoms with Gasteiger partial charge in [0.05, 0.1) is 6.10 Å². The van der Waals surface area contributed by atoms with Crippen LogP contribution < -0.4 is 5.32 Å². The van der Waals surface area contributed by atoms with Crippen LogP contribution >= 0.6 is 0 Å². The topological polar surface area (TPSA) is 35.5 Å². The quantitative estimate of drug-likeness (QED) is 0.647. The summed E-state index contributed by atoms with van der Waals surface area (Å²) >= 11 is 0. The van der Waals surface area contributed by atoms with Crippen molar-refractivity contribution in [1.82, 2.24) is 10.2 Å². The van der Waals surface area contributed by atoms with E-state index in [0.717, 1.165) is 26.1 Å². The van der Waals surface area contributed by atoms with Crippen molar-refractivity contribution < 1.29 is 5.11 Å². The van der Waals surface area contributed by atoms with E-state index in [-0.39, 0.29) is 6.10 Å². The largest absolute Gasteiger partial charge is 0.391 e. The number of nitrogens with zero attached hydrogens (tertiary/aromatic N) is 1. The lowest BCUT2D eigenvalue weighted by Gasteiger charge is -2.43. The summed E-state index contributed by atoms with van der Waals surface area (Å²) in [5.74, 6) is 0. The van der Waals surface area contributed by atoms with Gasteiger partial charge in [0.25, 0.3) is 0 Å². The molecule has 3 atom stereocenters. The molecule has 0 radical (unpaired) electrons. The molecular weight excluding hydrogens is 176 g/mol. The van der Waals surface area contributed by atoms with E-state index in [1.165, 1.54) is 19.3 Å². The highest BCUT2D eigenvalue weighted by Gasteiger charge is 2.32. The fourth-order valence-corrected chi connectivity index (χ4v) is 2.83. The average Bonchev–Trinajstić information content (AvgIpc) is 2.20. The molecule has 1 aliphatic heterocycles. The first kappa shape index (κ1) is 10.4. The van der Waals surface area contributed by atoms with Crippen LogP contribution in [0.15, 0.2) is 0 Å². The van der Waals surface area contributed by atoms with E-state index in [9.17, 15) is 5.11 Å². The molecule has 0 amide bonds. The first-order valence-corrected chi connectivity index (χ1v) is 5.93. The van der Waals surface area contributed by atoms with Crippen LogP contribution in [0.2, 0.25) is 0 Å². The molecule has 0 aromatic carbocycles. The van der Waals surface area contributed by atoms with Crippen LogP contribution in [0.4, 0.5) is 0 Å². The second kappa shape index (κ2) is 4.60. The molecular formula is C11H22N2O. The van der Waals surface area contributed by atoms with E-state index < -0.39 is 0 Å². The third-order valence-electron chi connectivity index (χ3n) is 3.67. The molecule has 1 aliphatic carbocycles. The van der Waals surface area contributed by atoms with Gasteiger partial charge in [0.15, 0.2) is 0 Å². The van der Waals surface area contributed by atoms with E-state index in [4.69, 9.17) is 0 Å². The third-order valence-corrected chi connectivity index (χ3v) is 3.67. The molecule has 0 aromatic heterocycles. The van der Waals surface area contributed by atoms with Crippen LogP contribution in [0.3, 0.4) is 0 Å². The van der Waals surface area contributed by atoms with Crippen molar-refractivity contribution in [3.05, 3.63) is 0 Å². The van der Waals surface area contributed by atoms with Gasteiger partial charge in [-0.15, -0.1) is 0 Å². The first-order chi connectivity index (χ1) is 6.79. The summed E-state index contributed by atoms with van der Waals surface area (Å²) in [7, 11) is 0. The van der Waals surface area contributed by atoms with Crippen LogP contribution in [-0.4, -0.2) is 47.8 Å². The highest BCUT2D eigenvalue weighted by Crippen LogP contribution is 2.25. The smallest absolute Gasteiger partial charge is 0.0695 e. The second-order valence-corrected chi connectivity index (χ2v) is 4.71. The first-order valence-electron chi connectivity index (χ1n) is 5.93. The normalized spacial score (nSPS) is 41.1. The minimum atomic E-state index is -0.0794. The van der Waals surface area contributed by atoms with Crippen molar-refractivity contribution in [1.29, 1.82) is 0 Å². The Morgan fingerprint density at radius 3 is 2.79 bits per heavy atom. The summed E-state index contributed by atoms with van der Waals surface area (Å²) in [5, 5.41) is 13.4. The fourth-order valence-electron chi connectivity index (χ4n) is 2.83. The Labute approximate surface area is 86.5 Å². The summed E-state index contributed by atoms with van der Waals surface area (Å²) in [6.45, 7) is 5.51. The summed E-state index contributed by atoms with van der Waals surface area (Å²) in [6.07, 6.45) is 4.60. The van der Waals surface area contributed by atoms with Crippen LogP contribution in [0, 0.1) is 0 Å². The monoisotopic (exact) mass is 198 g/mol. The summed E-state index contributed by atoms with van der Waals surface area (Å²) in [4.78, 5) is 2.50. The minimum absolute atomic E-state index is 0.0794. The zero-order valence-electron chi connectivity index (χ0n) is 9.08. The third kappa shape index (κ3) is 2.10. The predicted molar refractivity (Wildman–Crippen MR) is 57.3 cm³/mol. The molecule has 14 heavy (non-hydrogen) atoms. The lowest BCUT2D eigenvalue weighted by Crippen LogP contribution is -2.57. The van der Waals surface area contributed by atoms with Crippen molar-refractivity contribution in [2.75, 3.05) is 19.6 Å². The van der Waals surface area contributed by atoms with Gasteiger partial charge in [0.2, 0.25) is 0 Å². The van der Waals surface area contributed by atoms with Gasteiger partial charge >= 0.3 is 0 Å². The van der Waals surface area contributed by atoms with E-state index in [2.05, 4.69) is 17.1 Å². The number of nitrogens with one attached hydrogen (secondary N) is 1. The number of hydrogen-bond donors (Lipinski definition) is 2. The van der Waals surface area contributed by atoms with Gasteiger partial charge in [-0.2, -0.15) is 0 Å². The van der Waals surface area contributed by atoms with Gasteiger partial charge in [0, 0.05) is 31.7 Å². The number of piperazine rings is 1. The summed E-state index contributed by atoms with van der Waals surface area (Å²) < 4.78 is 0. The molecule has 82 valence electrons. The van der Waals surface area contributed by atoms with Gasteiger partial charge in [-0.25, -0.2) is 0 Å². The minimum Gasteiger partial charge on any atom is -0.391 e. The molecule has 1 saturated carbocycles. The van der Waals surface area contributed by atoms with Crippen LogP contribution in [0.5, 0.6) is 0 Å². The van der Waals surface area contributed by atoms with Gasteiger partial charge in [-0.3, -0.25) is 4.90 Å². The Balaban J connectivity index is 1.96. The van der Waals surface area contributed by atoms with Crippen molar-refractivity contribution >= 4 is 0 Å². The highest BCUT2D eigenvalue weighted by atomic mass is 16.3. The van der Waals surface area contributed by atoms with E-state index in [1.807, 2.05) is 0 Å². The molecule has 1 saturated heterocycles. The SMILES string of the molecule is CC1CNCCN1C1CCCCC1O. The Kier molecular flexibility index (Phi) is 3.42. The zero-order valence-corrected chi connectivity index (χ0v) is 9.08. The van der Waals surface area contributed by atoms with E-state index in [1.54, 1.807) is 0 Å². The molecule has 0 aromatic rings. The Morgan fingerprint density at radius 2 is 2.07 bits per heavy atom. The second-order valence-electron chi connectivity index (χ2n) is 4.71. The van der Waals surface area contributed by atoms with Crippen molar-refractivity contribution in [2.24, 2.45) is 0 Å². The fraction of sp³-hybridized carbons (Fsp3) is 1.00. The highest BCUT2D eigenvalue weighted by molar-refractivity contribution is 4.88. The van der Waals surface area contributed by atoms with Crippen molar-refractivity contribution in [2.45, 2.75) is 50.8 Å². The van der Waals surface area contributed by atoms with Gasteiger partial charge in [-0.05, 0) is 19.8 Å². The molecule has 3 heteroatoms. The van der Waals surface area contributed by atoms with Crippen LogP contribution in [0.1, 0.15) is 32.6 Å². The van der Waals surface area contributed by atoms with Crippen molar-refractivity contribution in [3.8, 4) is 0 Å². The molecule has 1 heterocycles. The lowest BCUT2D eigenvalue weighted by atomic mass is 9.90. The Bertz CT molecular complexity index is 166. The zero-order chi connectivity index (χ0) is 9.97. The van der Waals surface area contributed by atoms with Crippen LogP contribution in [-0.2, 0) is 0 Å². The number of rotatable bonds is 1. The molecule has 2 fully saturated rings. The van der Waals surface area contributed by atoms with E-state index in [0.29, 0.717) is 12.1 Å². The van der Waals surface area contributed by atoms with Crippen molar-refractivity contribution in [3.63, 3.8) is 0 Å². The molecule has 2 aliphatic rings. The molecule has 0 bridgehead atoms. The van der Waals surface area contributed by atoms with Gasteiger partial charge in [-0.1, -0.05) is 12.8 Å². The lowest BCUT2D eigenvalue weighted by molar-refractivity contribution is -0.00605. The molecule has 2 N–H and O–H groups in total. The maximum Gasteiger partial charge on any atom is 0.0695 e. The van der Waals surface area contributed by atoms with Crippen LogP contribution in [0.25, 0.3) is 0 Å². The Hall–Kier alpha value is -0.120. The van der Waals surface area contributed by atoms with E-state index >= 15 is 0 Å². The standard InChI is InChI=1S/C11H22N2O/c1-9-8-12-6-7-13(9)10-4-2-3-5-11(10)14/h9-12,14H,2-8H2,1H3. The number of hydrogen-bond acceptors (Lipinski definition) is 3.